The van der Waals surface area contributed by atoms with E-state index in [0.717, 1.165) is 26.3 Å². The lowest BCUT2D eigenvalue weighted by atomic mass is 9.50. The average Bonchev–Trinajstić information content (AvgIpc) is 3.29. The summed E-state index contributed by atoms with van der Waals surface area (Å²) in [5, 5.41) is 31.7. The molecule has 2 heterocycles. The topological polar surface area (TPSA) is 195 Å². The van der Waals surface area contributed by atoms with Gasteiger partial charge in [-0.15, -0.1) is 0 Å². The molecule has 0 unspecified atom stereocenters. The number of carboxylic acid groups (broad SMARTS) is 1. The molecular formula is C29H33NO13. The largest absolute Gasteiger partial charge is 0.504 e. The zero-order chi connectivity index (χ0) is 31.4. The van der Waals surface area contributed by atoms with E-state index in [0.29, 0.717) is 24.9 Å². The number of likely N-dealkylation sites (tertiary alicyclic amines) is 1. The second kappa shape index (κ2) is 10.8. The zero-order valence-corrected chi connectivity index (χ0v) is 24.0. The van der Waals surface area contributed by atoms with Gasteiger partial charge in [0.2, 0.25) is 6.10 Å². The summed E-state index contributed by atoms with van der Waals surface area (Å²) in [4.78, 5) is 62.8. The molecule has 14 heteroatoms. The van der Waals surface area contributed by atoms with Crippen LogP contribution in [0, 0.1) is 0 Å². The second-order valence-electron chi connectivity index (χ2n) is 11.4. The van der Waals surface area contributed by atoms with Gasteiger partial charge in [0.1, 0.15) is 5.76 Å². The number of aliphatic hydroxyl groups is 1. The van der Waals surface area contributed by atoms with Gasteiger partial charge < -0.3 is 43.9 Å². The third kappa shape index (κ3) is 4.87. The number of carboxylic acids is 1. The highest BCUT2D eigenvalue weighted by atomic mass is 16.6. The van der Waals surface area contributed by atoms with Gasteiger partial charge in [0, 0.05) is 24.9 Å². The quantitative estimate of drug-likeness (QED) is 0.260. The minimum absolute atomic E-state index is 0.0796. The molecule has 1 aromatic carbocycles. The smallest absolute Gasteiger partial charge is 0.348 e. The number of likely N-dealkylation sites (N-methyl/N-ethyl adjacent to an activating group) is 1. The first kappa shape index (κ1) is 30.3. The SMILES string of the molecule is CC(=O)O[C@@H](CC(=O)OC1=CC[C@@]2(O)[C@H]3Cc4ccc(O)c5c4[C@@]2(CCN3C)[C@H]1O5)C(=O)O[C@@H](C)C(=O)O[C@@H](C)C(=O)O. The van der Waals surface area contributed by atoms with Gasteiger partial charge in [-0.1, -0.05) is 6.07 Å². The molecule has 7 atom stereocenters. The Morgan fingerprint density at radius 3 is 2.47 bits per heavy atom. The van der Waals surface area contributed by atoms with Crippen LogP contribution in [0.1, 0.15) is 51.2 Å². The molecule has 0 aromatic heterocycles. The van der Waals surface area contributed by atoms with Crippen LogP contribution in [0.15, 0.2) is 24.0 Å². The molecule has 2 aliphatic heterocycles. The molecule has 4 aliphatic rings. The van der Waals surface area contributed by atoms with Gasteiger partial charge in [-0.05, 0) is 58.0 Å². The summed E-state index contributed by atoms with van der Waals surface area (Å²) in [5.41, 5.74) is -0.662. The number of phenolic OH excluding ortho intramolecular Hbond substituents is 1. The lowest BCUT2D eigenvalue weighted by Crippen LogP contribution is -2.74. The van der Waals surface area contributed by atoms with Crippen molar-refractivity contribution in [3.63, 3.8) is 0 Å². The number of aromatic hydroxyl groups is 1. The minimum atomic E-state index is -1.80. The number of carbonyl (C=O) groups is 5. The molecule has 1 aromatic rings. The Balaban J connectivity index is 1.34. The first-order valence-corrected chi connectivity index (χ1v) is 13.9. The van der Waals surface area contributed by atoms with Crippen molar-refractivity contribution in [3.05, 3.63) is 35.1 Å². The maximum atomic E-state index is 13.1. The first-order valence-electron chi connectivity index (χ1n) is 13.9. The Morgan fingerprint density at radius 2 is 1.79 bits per heavy atom. The molecule has 14 nitrogen and oxygen atoms in total. The van der Waals surface area contributed by atoms with Crippen LogP contribution in [0.4, 0.5) is 0 Å². The van der Waals surface area contributed by atoms with Gasteiger partial charge in [0.05, 0.1) is 17.4 Å². The van der Waals surface area contributed by atoms with E-state index >= 15 is 0 Å². The predicted molar refractivity (Wildman–Crippen MR) is 142 cm³/mol. The Hall–Kier alpha value is -4.17. The number of hydrogen-bond donors (Lipinski definition) is 3. The van der Waals surface area contributed by atoms with Gasteiger partial charge in [0.15, 0.2) is 29.8 Å². The molecular weight excluding hydrogens is 570 g/mol. The van der Waals surface area contributed by atoms with Crippen molar-refractivity contribution in [1.82, 2.24) is 4.90 Å². The van der Waals surface area contributed by atoms with Crippen molar-refractivity contribution < 1.29 is 63.0 Å². The van der Waals surface area contributed by atoms with Gasteiger partial charge in [-0.2, -0.15) is 0 Å². The molecule has 1 spiro atoms. The molecule has 1 saturated heterocycles. The Morgan fingerprint density at radius 1 is 1.09 bits per heavy atom. The summed E-state index contributed by atoms with van der Waals surface area (Å²) in [6.07, 6.45) is -3.93. The summed E-state index contributed by atoms with van der Waals surface area (Å²) in [7, 11) is 1.94. The van der Waals surface area contributed by atoms with E-state index in [2.05, 4.69) is 9.64 Å². The number of aliphatic carboxylic acids is 1. The standard InChI is InChI=1S/C29H33NO13/c1-13(25(34)35)39-26(36)14(2)40-27(37)19(41-15(3)31)12-21(33)42-18-7-8-29(38)20-11-16-5-6-17(32)23-22(16)28(29,24(18)43-23)9-10-30(20)4/h5-7,13-14,19-20,24,32,38H,8-12H2,1-4H3,(H,34,35)/t13-,14-,19-,20+,24-,28-,29+/m0/s1. The third-order valence-corrected chi connectivity index (χ3v) is 8.77. The highest BCUT2D eigenvalue weighted by molar-refractivity contribution is 5.87. The number of benzene rings is 1. The maximum Gasteiger partial charge on any atom is 0.348 e. The number of piperidine rings is 1. The fourth-order valence-corrected chi connectivity index (χ4v) is 6.75. The van der Waals surface area contributed by atoms with Gasteiger partial charge in [-0.3, -0.25) is 9.59 Å². The van der Waals surface area contributed by atoms with E-state index < -0.39 is 71.7 Å². The normalized spacial score (nSPS) is 28.6. The molecule has 232 valence electrons. The highest BCUT2D eigenvalue weighted by Crippen LogP contribution is 2.65. The summed E-state index contributed by atoms with van der Waals surface area (Å²) in [5.74, 6) is -5.52. The second-order valence-corrected chi connectivity index (χ2v) is 11.4. The molecule has 0 amide bonds. The van der Waals surface area contributed by atoms with Gasteiger partial charge in [0.25, 0.3) is 0 Å². The number of carbonyl (C=O) groups excluding carboxylic acids is 4. The lowest BCUT2D eigenvalue weighted by molar-refractivity contribution is -0.183. The van der Waals surface area contributed by atoms with Crippen LogP contribution in [-0.2, 0) is 54.8 Å². The summed E-state index contributed by atoms with van der Waals surface area (Å²) < 4.78 is 26.5. The fourth-order valence-electron chi connectivity index (χ4n) is 6.75. The van der Waals surface area contributed by atoms with Crippen molar-refractivity contribution in [2.75, 3.05) is 13.6 Å². The van der Waals surface area contributed by atoms with Gasteiger partial charge in [-0.25, -0.2) is 14.4 Å². The number of nitrogens with zero attached hydrogens (tertiary/aromatic N) is 1. The number of esters is 4. The first-order chi connectivity index (χ1) is 20.2. The van der Waals surface area contributed by atoms with E-state index in [9.17, 15) is 34.2 Å². The molecule has 1 fully saturated rings. The molecule has 2 bridgehead atoms. The Kier molecular flexibility index (Phi) is 7.63. The molecule has 5 rings (SSSR count). The minimum Gasteiger partial charge on any atom is -0.504 e. The monoisotopic (exact) mass is 603 g/mol. The summed E-state index contributed by atoms with van der Waals surface area (Å²) >= 11 is 0. The fraction of sp³-hybridized carbons (Fsp3) is 0.552. The lowest BCUT2D eigenvalue weighted by Gasteiger charge is -2.61. The van der Waals surface area contributed by atoms with Crippen molar-refractivity contribution in [3.8, 4) is 11.5 Å². The molecule has 0 radical (unpaired) electrons. The van der Waals surface area contributed by atoms with E-state index in [-0.39, 0.29) is 29.7 Å². The van der Waals surface area contributed by atoms with Crippen LogP contribution in [0.2, 0.25) is 0 Å². The molecule has 0 saturated carbocycles. The van der Waals surface area contributed by atoms with Crippen LogP contribution < -0.4 is 4.74 Å². The molecule has 3 N–H and O–H groups in total. The Bertz CT molecular complexity index is 1420. The van der Waals surface area contributed by atoms with Crippen molar-refractivity contribution in [2.45, 2.75) is 87.9 Å². The highest BCUT2D eigenvalue weighted by Gasteiger charge is 2.72. The van der Waals surface area contributed by atoms with Crippen LogP contribution in [-0.4, -0.2) is 99.7 Å². The van der Waals surface area contributed by atoms with E-state index in [4.69, 9.17) is 24.1 Å². The Labute approximate surface area is 246 Å². The van der Waals surface area contributed by atoms with Crippen LogP contribution >= 0.6 is 0 Å². The van der Waals surface area contributed by atoms with E-state index in [1.807, 2.05) is 13.1 Å². The van der Waals surface area contributed by atoms with Crippen molar-refractivity contribution >= 4 is 29.8 Å². The number of hydrogen-bond acceptors (Lipinski definition) is 13. The average molecular weight is 604 g/mol. The van der Waals surface area contributed by atoms with Crippen LogP contribution in [0.25, 0.3) is 0 Å². The number of ether oxygens (including phenoxy) is 5. The van der Waals surface area contributed by atoms with E-state index in [1.165, 1.54) is 6.07 Å². The third-order valence-electron chi connectivity index (χ3n) is 8.77. The van der Waals surface area contributed by atoms with Gasteiger partial charge >= 0.3 is 29.8 Å². The van der Waals surface area contributed by atoms with Crippen LogP contribution in [0.5, 0.6) is 11.5 Å². The summed E-state index contributed by atoms with van der Waals surface area (Å²) in [6, 6.07) is 3.09. The number of rotatable bonds is 9. The molecule has 2 aliphatic carbocycles. The van der Waals surface area contributed by atoms with E-state index in [1.54, 1.807) is 6.08 Å². The van der Waals surface area contributed by atoms with Crippen molar-refractivity contribution in [1.29, 1.82) is 0 Å². The maximum absolute atomic E-state index is 13.1. The predicted octanol–water partition coefficient (Wildman–Crippen LogP) is 0.483. The summed E-state index contributed by atoms with van der Waals surface area (Å²) in [6.45, 7) is 3.87. The van der Waals surface area contributed by atoms with Crippen molar-refractivity contribution in [2.24, 2.45) is 0 Å². The molecule has 43 heavy (non-hydrogen) atoms. The van der Waals surface area contributed by atoms with Crippen LogP contribution in [0.3, 0.4) is 0 Å². The number of phenols is 1. The zero-order valence-electron chi connectivity index (χ0n) is 24.0.